The van der Waals surface area contributed by atoms with Crippen LogP contribution < -0.4 is 10.6 Å². The Bertz CT molecular complexity index is 536. The number of amides is 2. The number of benzene rings is 1. The summed E-state index contributed by atoms with van der Waals surface area (Å²) in [6.07, 6.45) is -0.792. The molecule has 2 atom stereocenters. The van der Waals surface area contributed by atoms with E-state index in [1.807, 2.05) is 0 Å². The van der Waals surface area contributed by atoms with E-state index in [1.165, 1.54) is 12.1 Å². The lowest BCUT2D eigenvalue weighted by atomic mass is 9.94. The molecule has 20 heavy (non-hydrogen) atoms. The zero-order valence-corrected chi connectivity index (χ0v) is 10.5. The fourth-order valence-electron chi connectivity index (χ4n) is 2.07. The first-order chi connectivity index (χ1) is 9.50. The van der Waals surface area contributed by atoms with Crippen molar-refractivity contribution in [2.45, 2.75) is 19.1 Å². The quantitative estimate of drug-likeness (QED) is 0.688. The molecule has 0 aromatic heterocycles. The van der Waals surface area contributed by atoms with Crippen LogP contribution in [0.2, 0.25) is 0 Å². The standard InChI is InChI=1S/C13H14F2N2O3/c14-8-3-1-2-7(11(8)15)6-17-13(20)10-9(18)4-5-16-12(10)19/h1-3,9-10,18H,4-6H2,(H,16,19)(H,17,20). The lowest BCUT2D eigenvalue weighted by Crippen LogP contribution is -2.51. The third-order valence-corrected chi connectivity index (χ3v) is 3.17. The summed E-state index contributed by atoms with van der Waals surface area (Å²) in [4.78, 5) is 23.4. The van der Waals surface area contributed by atoms with Crippen LogP contribution in [0.1, 0.15) is 12.0 Å². The van der Waals surface area contributed by atoms with Gasteiger partial charge in [-0.3, -0.25) is 9.59 Å². The van der Waals surface area contributed by atoms with Crippen LogP contribution >= 0.6 is 0 Å². The van der Waals surface area contributed by atoms with Crippen LogP contribution in [0, 0.1) is 17.6 Å². The van der Waals surface area contributed by atoms with Gasteiger partial charge in [-0.05, 0) is 12.5 Å². The molecule has 0 bridgehead atoms. The van der Waals surface area contributed by atoms with Crippen LogP contribution in [0.15, 0.2) is 18.2 Å². The summed E-state index contributed by atoms with van der Waals surface area (Å²) < 4.78 is 26.4. The van der Waals surface area contributed by atoms with E-state index in [-0.39, 0.29) is 18.5 Å². The van der Waals surface area contributed by atoms with E-state index in [0.717, 1.165) is 6.07 Å². The van der Waals surface area contributed by atoms with E-state index in [2.05, 4.69) is 10.6 Å². The predicted octanol–water partition coefficient (Wildman–Crippen LogP) is 0.0780. The van der Waals surface area contributed by atoms with Gasteiger partial charge in [0.1, 0.15) is 5.92 Å². The Balaban J connectivity index is 2.01. The number of carbonyl (C=O) groups excluding carboxylic acids is 2. The van der Waals surface area contributed by atoms with Gasteiger partial charge in [0.05, 0.1) is 6.10 Å². The number of rotatable bonds is 3. The minimum Gasteiger partial charge on any atom is -0.392 e. The molecule has 2 rings (SSSR count). The van der Waals surface area contributed by atoms with Crippen molar-refractivity contribution in [3.05, 3.63) is 35.4 Å². The van der Waals surface area contributed by atoms with Crippen molar-refractivity contribution in [3.8, 4) is 0 Å². The van der Waals surface area contributed by atoms with Crippen molar-refractivity contribution >= 4 is 11.8 Å². The first kappa shape index (κ1) is 14.4. The number of hydrogen-bond acceptors (Lipinski definition) is 3. The molecule has 0 radical (unpaired) electrons. The maximum absolute atomic E-state index is 13.4. The summed E-state index contributed by atoms with van der Waals surface area (Å²) in [5, 5.41) is 14.4. The van der Waals surface area contributed by atoms with E-state index in [1.54, 1.807) is 0 Å². The number of aliphatic hydroxyl groups is 1. The Labute approximate surface area is 114 Å². The number of carbonyl (C=O) groups is 2. The van der Waals surface area contributed by atoms with Crippen molar-refractivity contribution in [2.75, 3.05) is 6.54 Å². The molecule has 3 N–H and O–H groups in total. The number of hydrogen-bond donors (Lipinski definition) is 3. The Morgan fingerprint density at radius 1 is 1.45 bits per heavy atom. The van der Waals surface area contributed by atoms with Gasteiger partial charge in [0.25, 0.3) is 0 Å². The van der Waals surface area contributed by atoms with Crippen molar-refractivity contribution in [1.29, 1.82) is 0 Å². The van der Waals surface area contributed by atoms with E-state index in [4.69, 9.17) is 0 Å². The van der Waals surface area contributed by atoms with Gasteiger partial charge >= 0.3 is 0 Å². The fraction of sp³-hybridized carbons (Fsp3) is 0.385. The van der Waals surface area contributed by atoms with Crippen LogP contribution in [0.5, 0.6) is 0 Å². The summed E-state index contributed by atoms with van der Waals surface area (Å²) in [5.41, 5.74) is -0.0240. The van der Waals surface area contributed by atoms with Gasteiger partial charge in [0.2, 0.25) is 11.8 Å². The van der Waals surface area contributed by atoms with E-state index < -0.39 is 35.5 Å². The smallest absolute Gasteiger partial charge is 0.235 e. The largest absolute Gasteiger partial charge is 0.392 e. The monoisotopic (exact) mass is 284 g/mol. The minimum absolute atomic E-state index is 0.0240. The summed E-state index contributed by atoms with van der Waals surface area (Å²) in [7, 11) is 0. The molecule has 1 aliphatic rings. The molecule has 108 valence electrons. The molecular formula is C13H14F2N2O3. The van der Waals surface area contributed by atoms with Crippen LogP contribution in [-0.4, -0.2) is 29.6 Å². The normalized spacial score (nSPS) is 22.2. The Kier molecular flexibility index (Phi) is 4.29. The summed E-state index contributed by atoms with van der Waals surface area (Å²) in [6.45, 7) is 0.0568. The fourth-order valence-corrected chi connectivity index (χ4v) is 2.07. The highest BCUT2D eigenvalue weighted by molar-refractivity contribution is 6.01. The number of piperidine rings is 1. The Morgan fingerprint density at radius 2 is 2.20 bits per heavy atom. The van der Waals surface area contributed by atoms with Gasteiger partial charge in [0, 0.05) is 18.7 Å². The third kappa shape index (κ3) is 2.93. The second-order valence-corrected chi connectivity index (χ2v) is 4.56. The minimum atomic E-state index is -1.22. The SMILES string of the molecule is O=C1NCCC(O)C1C(=O)NCc1cccc(F)c1F. The predicted molar refractivity (Wildman–Crippen MR) is 65.3 cm³/mol. The molecule has 0 saturated carbocycles. The van der Waals surface area contributed by atoms with Gasteiger partial charge in [-0.15, -0.1) is 0 Å². The molecule has 1 aromatic carbocycles. The van der Waals surface area contributed by atoms with Crippen molar-refractivity contribution in [2.24, 2.45) is 5.92 Å². The third-order valence-electron chi connectivity index (χ3n) is 3.17. The summed E-state index contributed by atoms with van der Waals surface area (Å²) in [5.74, 6) is -4.55. The summed E-state index contributed by atoms with van der Waals surface area (Å²) >= 11 is 0. The zero-order chi connectivity index (χ0) is 14.7. The zero-order valence-electron chi connectivity index (χ0n) is 10.5. The first-order valence-corrected chi connectivity index (χ1v) is 6.17. The van der Waals surface area contributed by atoms with E-state index in [0.29, 0.717) is 6.54 Å². The van der Waals surface area contributed by atoms with Crippen LogP contribution in [0.3, 0.4) is 0 Å². The highest BCUT2D eigenvalue weighted by Gasteiger charge is 2.36. The first-order valence-electron chi connectivity index (χ1n) is 6.17. The average Bonchev–Trinajstić information content (AvgIpc) is 2.40. The molecule has 1 saturated heterocycles. The lowest BCUT2D eigenvalue weighted by Gasteiger charge is -2.26. The molecule has 5 nitrogen and oxygen atoms in total. The Hall–Kier alpha value is -2.02. The second kappa shape index (κ2) is 5.96. The molecule has 0 aliphatic carbocycles. The maximum atomic E-state index is 13.4. The van der Waals surface area contributed by atoms with Crippen LogP contribution in [0.4, 0.5) is 8.78 Å². The number of aliphatic hydroxyl groups excluding tert-OH is 1. The molecule has 1 aromatic rings. The van der Waals surface area contributed by atoms with Crippen LogP contribution in [0.25, 0.3) is 0 Å². The molecule has 0 spiro atoms. The highest BCUT2D eigenvalue weighted by atomic mass is 19.2. The second-order valence-electron chi connectivity index (χ2n) is 4.56. The molecule has 1 aliphatic heterocycles. The molecule has 1 fully saturated rings. The molecule has 1 heterocycles. The average molecular weight is 284 g/mol. The van der Waals surface area contributed by atoms with E-state index in [9.17, 15) is 23.5 Å². The van der Waals surface area contributed by atoms with Gasteiger partial charge in [-0.2, -0.15) is 0 Å². The molecular weight excluding hydrogens is 270 g/mol. The van der Waals surface area contributed by atoms with E-state index >= 15 is 0 Å². The van der Waals surface area contributed by atoms with Crippen LogP contribution in [-0.2, 0) is 16.1 Å². The van der Waals surface area contributed by atoms with Crippen molar-refractivity contribution in [3.63, 3.8) is 0 Å². The topological polar surface area (TPSA) is 78.4 Å². The number of nitrogens with one attached hydrogen (secondary N) is 2. The van der Waals surface area contributed by atoms with Crippen molar-refractivity contribution in [1.82, 2.24) is 10.6 Å². The van der Waals surface area contributed by atoms with Gasteiger partial charge in [-0.1, -0.05) is 12.1 Å². The van der Waals surface area contributed by atoms with Gasteiger partial charge in [-0.25, -0.2) is 8.78 Å². The van der Waals surface area contributed by atoms with Gasteiger partial charge in [0.15, 0.2) is 11.6 Å². The Morgan fingerprint density at radius 3 is 2.90 bits per heavy atom. The maximum Gasteiger partial charge on any atom is 0.235 e. The highest BCUT2D eigenvalue weighted by Crippen LogP contribution is 2.14. The number of halogens is 2. The van der Waals surface area contributed by atoms with Crippen molar-refractivity contribution < 1.29 is 23.5 Å². The lowest BCUT2D eigenvalue weighted by molar-refractivity contribution is -0.142. The molecule has 2 unspecified atom stereocenters. The van der Waals surface area contributed by atoms with Gasteiger partial charge < -0.3 is 15.7 Å². The molecule has 7 heteroatoms. The summed E-state index contributed by atoms with van der Waals surface area (Å²) in [6, 6.07) is 3.62. The molecule has 2 amide bonds.